The van der Waals surface area contributed by atoms with Crippen molar-refractivity contribution in [2.45, 2.75) is 45.2 Å². The summed E-state index contributed by atoms with van der Waals surface area (Å²) >= 11 is 0. The van der Waals surface area contributed by atoms with Crippen LogP contribution in [-0.4, -0.2) is 37.5 Å². The first-order valence-electron chi connectivity index (χ1n) is 5.10. The Morgan fingerprint density at radius 1 is 1.46 bits per heavy atom. The third-order valence-electron chi connectivity index (χ3n) is 2.07. The Morgan fingerprint density at radius 2 is 2.15 bits per heavy atom. The molecule has 3 heteroatoms. The number of unbranched alkanes of at least 4 members (excludes halogenated alkanes) is 1. The summed E-state index contributed by atoms with van der Waals surface area (Å²) in [6, 6.07) is 0.545. The minimum Gasteiger partial charge on any atom is -0.395 e. The van der Waals surface area contributed by atoms with Gasteiger partial charge in [0.1, 0.15) is 0 Å². The lowest BCUT2D eigenvalue weighted by Crippen LogP contribution is -2.41. The third-order valence-corrected chi connectivity index (χ3v) is 2.07. The van der Waals surface area contributed by atoms with Gasteiger partial charge >= 0.3 is 0 Å². The Labute approximate surface area is 81.5 Å². The molecule has 80 valence electrons. The third kappa shape index (κ3) is 6.99. The molecule has 0 aromatic heterocycles. The molecule has 0 saturated heterocycles. The average Bonchev–Trinajstić information content (AvgIpc) is 2.14. The molecule has 0 aromatic rings. The topological polar surface area (TPSA) is 41.5 Å². The van der Waals surface area contributed by atoms with E-state index in [9.17, 15) is 0 Å². The molecule has 2 N–H and O–H groups in total. The monoisotopic (exact) mass is 189 g/mol. The van der Waals surface area contributed by atoms with E-state index in [-0.39, 0.29) is 12.6 Å². The van der Waals surface area contributed by atoms with Crippen molar-refractivity contribution in [1.82, 2.24) is 5.32 Å². The molecule has 0 aliphatic rings. The maximum absolute atomic E-state index is 8.87. The lowest BCUT2D eigenvalue weighted by molar-refractivity contribution is 0.146. The second-order valence-corrected chi connectivity index (χ2v) is 3.54. The van der Waals surface area contributed by atoms with E-state index in [0.29, 0.717) is 6.04 Å². The summed E-state index contributed by atoms with van der Waals surface area (Å²) in [5.74, 6) is 0. The van der Waals surface area contributed by atoms with Crippen molar-refractivity contribution in [3.63, 3.8) is 0 Å². The molecule has 0 aromatic carbocycles. The van der Waals surface area contributed by atoms with Crippen LogP contribution in [0.3, 0.4) is 0 Å². The summed E-state index contributed by atoms with van der Waals surface area (Å²) in [7, 11) is 1.71. The fraction of sp³-hybridized carbons (Fsp3) is 1.00. The molecule has 0 spiro atoms. The van der Waals surface area contributed by atoms with Gasteiger partial charge in [-0.3, -0.25) is 0 Å². The van der Waals surface area contributed by atoms with Gasteiger partial charge in [0.2, 0.25) is 0 Å². The van der Waals surface area contributed by atoms with Crippen LogP contribution in [0.1, 0.15) is 33.1 Å². The summed E-state index contributed by atoms with van der Waals surface area (Å²) in [4.78, 5) is 0. The van der Waals surface area contributed by atoms with Crippen molar-refractivity contribution in [2.24, 2.45) is 0 Å². The van der Waals surface area contributed by atoms with Crippen LogP contribution in [0.15, 0.2) is 0 Å². The SMILES string of the molecule is CCCCC(COC)N[C@@H](C)CO. The van der Waals surface area contributed by atoms with Crippen LogP contribution in [0.4, 0.5) is 0 Å². The van der Waals surface area contributed by atoms with Crippen LogP contribution in [0.25, 0.3) is 0 Å². The van der Waals surface area contributed by atoms with E-state index in [4.69, 9.17) is 9.84 Å². The molecule has 0 bridgehead atoms. The molecule has 0 heterocycles. The molecule has 0 amide bonds. The van der Waals surface area contributed by atoms with Crippen molar-refractivity contribution in [3.8, 4) is 0 Å². The van der Waals surface area contributed by atoms with Gasteiger partial charge in [-0.25, -0.2) is 0 Å². The van der Waals surface area contributed by atoms with Gasteiger partial charge in [-0.05, 0) is 13.3 Å². The Kier molecular flexibility index (Phi) is 8.40. The molecule has 3 nitrogen and oxygen atoms in total. The Bertz CT molecular complexity index is 109. The van der Waals surface area contributed by atoms with Crippen molar-refractivity contribution >= 4 is 0 Å². The van der Waals surface area contributed by atoms with Crippen LogP contribution < -0.4 is 5.32 Å². The minimum absolute atomic E-state index is 0.164. The van der Waals surface area contributed by atoms with Gasteiger partial charge in [0, 0.05) is 19.2 Å². The number of hydrogen-bond donors (Lipinski definition) is 2. The van der Waals surface area contributed by atoms with Gasteiger partial charge in [0.25, 0.3) is 0 Å². The lowest BCUT2D eigenvalue weighted by Gasteiger charge is -2.21. The van der Waals surface area contributed by atoms with E-state index in [0.717, 1.165) is 13.0 Å². The first kappa shape index (κ1) is 12.9. The highest BCUT2D eigenvalue weighted by atomic mass is 16.5. The number of aliphatic hydroxyl groups excluding tert-OH is 1. The summed E-state index contributed by atoms with van der Waals surface area (Å²) in [6.07, 6.45) is 3.53. The summed E-state index contributed by atoms with van der Waals surface area (Å²) in [5.41, 5.74) is 0. The van der Waals surface area contributed by atoms with Gasteiger partial charge in [-0.15, -0.1) is 0 Å². The largest absolute Gasteiger partial charge is 0.395 e. The highest BCUT2D eigenvalue weighted by molar-refractivity contribution is 4.70. The van der Waals surface area contributed by atoms with Crippen molar-refractivity contribution in [1.29, 1.82) is 0 Å². The number of nitrogens with one attached hydrogen (secondary N) is 1. The fourth-order valence-corrected chi connectivity index (χ4v) is 1.32. The average molecular weight is 189 g/mol. The predicted octanol–water partition coefficient (Wildman–Crippen LogP) is 1.16. The van der Waals surface area contributed by atoms with E-state index in [2.05, 4.69) is 12.2 Å². The normalized spacial score (nSPS) is 15.7. The first-order valence-corrected chi connectivity index (χ1v) is 5.10. The highest BCUT2D eigenvalue weighted by Gasteiger charge is 2.10. The van der Waals surface area contributed by atoms with Crippen LogP contribution >= 0.6 is 0 Å². The fourth-order valence-electron chi connectivity index (χ4n) is 1.32. The Morgan fingerprint density at radius 3 is 2.62 bits per heavy atom. The van der Waals surface area contributed by atoms with E-state index < -0.39 is 0 Å². The molecule has 1 unspecified atom stereocenters. The second-order valence-electron chi connectivity index (χ2n) is 3.54. The van der Waals surface area contributed by atoms with Crippen LogP contribution in [0.2, 0.25) is 0 Å². The number of aliphatic hydroxyl groups is 1. The standard InChI is InChI=1S/C10H23NO2/c1-4-5-6-10(8-13-3)11-9(2)7-12/h9-12H,4-8H2,1-3H3/t9-,10?/m0/s1. The quantitative estimate of drug-likeness (QED) is 0.602. The molecule has 0 aliphatic carbocycles. The van der Waals surface area contributed by atoms with Gasteiger partial charge < -0.3 is 15.2 Å². The number of hydrogen-bond acceptors (Lipinski definition) is 3. The van der Waals surface area contributed by atoms with E-state index in [1.807, 2.05) is 6.92 Å². The number of methoxy groups -OCH3 is 1. The molecule has 0 saturated carbocycles. The second kappa shape index (κ2) is 8.48. The predicted molar refractivity (Wildman–Crippen MR) is 54.9 cm³/mol. The number of ether oxygens (including phenoxy) is 1. The lowest BCUT2D eigenvalue weighted by atomic mass is 10.1. The van der Waals surface area contributed by atoms with Crippen molar-refractivity contribution in [2.75, 3.05) is 20.3 Å². The van der Waals surface area contributed by atoms with E-state index >= 15 is 0 Å². The molecule has 13 heavy (non-hydrogen) atoms. The maximum Gasteiger partial charge on any atom is 0.0615 e. The zero-order valence-corrected chi connectivity index (χ0v) is 9.05. The molecular weight excluding hydrogens is 166 g/mol. The first-order chi connectivity index (χ1) is 6.24. The van der Waals surface area contributed by atoms with E-state index in [1.165, 1.54) is 12.8 Å². The molecule has 0 rings (SSSR count). The summed E-state index contributed by atoms with van der Waals surface area (Å²) in [5, 5.41) is 12.2. The van der Waals surface area contributed by atoms with Gasteiger partial charge in [0.15, 0.2) is 0 Å². The van der Waals surface area contributed by atoms with Gasteiger partial charge in [-0.1, -0.05) is 19.8 Å². The smallest absolute Gasteiger partial charge is 0.0615 e. The van der Waals surface area contributed by atoms with Crippen LogP contribution in [0, 0.1) is 0 Å². The number of rotatable bonds is 8. The maximum atomic E-state index is 8.87. The van der Waals surface area contributed by atoms with Gasteiger partial charge in [0.05, 0.1) is 13.2 Å². The molecule has 0 fully saturated rings. The molecule has 0 aliphatic heterocycles. The van der Waals surface area contributed by atoms with Crippen molar-refractivity contribution in [3.05, 3.63) is 0 Å². The zero-order chi connectivity index (χ0) is 10.1. The Hall–Kier alpha value is -0.120. The Balaban J connectivity index is 3.65. The molecular formula is C10H23NO2. The highest BCUT2D eigenvalue weighted by Crippen LogP contribution is 2.02. The van der Waals surface area contributed by atoms with E-state index in [1.54, 1.807) is 7.11 Å². The molecule has 2 atom stereocenters. The molecule has 0 radical (unpaired) electrons. The van der Waals surface area contributed by atoms with Crippen LogP contribution in [-0.2, 0) is 4.74 Å². The van der Waals surface area contributed by atoms with Crippen LogP contribution in [0.5, 0.6) is 0 Å². The minimum atomic E-state index is 0.164. The van der Waals surface area contributed by atoms with Gasteiger partial charge in [-0.2, -0.15) is 0 Å². The summed E-state index contributed by atoms with van der Waals surface area (Å²) < 4.78 is 5.10. The van der Waals surface area contributed by atoms with Crippen molar-refractivity contribution < 1.29 is 9.84 Å². The zero-order valence-electron chi connectivity index (χ0n) is 9.05. The summed E-state index contributed by atoms with van der Waals surface area (Å²) in [6.45, 7) is 5.07.